The molecule has 0 radical (unpaired) electrons. The lowest BCUT2D eigenvalue weighted by Gasteiger charge is -1.97. The SMILES string of the molecule is CC1(c2noc(-c3ccnc(N)c3)n2)CC1. The van der Waals surface area contributed by atoms with Gasteiger partial charge in [-0.2, -0.15) is 4.98 Å². The number of anilines is 1. The van der Waals surface area contributed by atoms with Crippen LogP contribution in [0.5, 0.6) is 0 Å². The van der Waals surface area contributed by atoms with E-state index in [4.69, 9.17) is 10.3 Å². The number of aromatic nitrogens is 3. The van der Waals surface area contributed by atoms with Gasteiger partial charge in [-0.15, -0.1) is 0 Å². The lowest BCUT2D eigenvalue weighted by atomic mass is 10.1. The van der Waals surface area contributed by atoms with Crippen LogP contribution in [-0.2, 0) is 5.41 Å². The first-order chi connectivity index (χ1) is 7.67. The van der Waals surface area contributed by atoms with Gasteiger partial charge >= 0.3 is 0 Å². The van der Waals surface area contributed by atoms with E-state index in [1.165, 1.54) is 0 Å². The van der Waals surface area contributed by atoms with Gasteiger partial charge < -0.3 is 10.3 Å². The lowest BCUT2D eigenvalue weighted by molar-refractivity contribution is 0.416. The Morgan fingerprint density at radius 2 is 2.25 bits per heavy atom. The molecular weight excluding hydrogens is 204 g/mol. The molecule has 2 aromatic rings. The second kappa shape index (κ2) is 3.04. The van der Waals surface area contributed by atoms with Crippen LogP contribution in [0.4, 0.5) is 5.82 Å². The third kappa shape index (κ3) is 1.44. The van der Waals surface area contributed by atoms with Crippen molar-refractivity contribution in [1.82, 2.24) is 15.1 Å². The van der Waals surface area contributed by atoms with Gasteiger partial charge in [-0.1, -0.05) is 12.1 Å². The van der Waals surface area contributed by atoms with Gasteiger partial charge in [0.05, 0.1) is 0 Å². The number of hydrogen-bond donors (Lipinski definition) is 1. The standard InChI is InChI=1S/C11H12N4O/c1-11(3-4-11)10-14-9(16-15-10)7-2-5-13-8(12)6-7/h2,5-6H,3-4H2,1H3,(H2,12,13). The molecule has 2 N–H and O–H groups in total. The van der Waals surface area contributed by atoms with E-state index in [-0.39, 0.29) is 5.41 Å². The summed E-state index contributed by atoms with van der Waals surface area (Å²) in [4.78, 5) is 8.32. The van der Waals surface area contributed by atoms with Crippen LogP contribution in [0.1, 0.15) is 25.6 Å². The molecular formula is C11H12N4O. The highest BCUT2D eigenvalue weighted by Gasteiger charge is 2.43. The Balaban J connectivity index is 1.98. The van der Waals surface area contributed by atoms with E-state index in [1.807, 2.05) is 6.07 Å². The van der Waals surface area contributed by atoms with Crippen LogP contribution in [-0.4, -0.2) is 15.1 Å². The van der Waals surface area contributed by atoms with Gasteiger partial charge in [-0.05, 0) is 25.0 Å². The summed E-state index contributed by atoms with van der Waals surface area (Å²) in [5.74, 6) is 1.75. The molecule has 0 aromatic carbocycles. The molecule has 0 aliphatic heterocycles. The smallest absolute Gasteiger partial charge is 0.258 e. The van der Waals surface area contributed by atoms with Gasteiger partial charge in [0.15, 0.2) is 5.82 Å². The summed E-state index contributed by atoms with van der Waals surface area (Å²) in [5, 5.41) is 4.01. The minimum atomic E-state index is 0.125. The Bertz CT molecular complexity index is 530. The Kier molecular flexibility index (Phi) is 1.77. The van der Waals surface area contributed by atoms with E-state index >= 15 is 0 Å². The fourth-order valence-electron chi connectivity index (χ4n) is 1.58. The highest BCUT2D eigenvalue weighted by atomic mass is 16.5. The molecule has 2 aromatic heterocycles. The van der Waals surface area contributed by atoms with Crippen molar-refractivity contribution in [2.75, 3.05) is 5.73 Å². The molecule has 2 heterocycles. The predicted octanol–water partition coefficient (Wildman–Crippen LogP) is 1.77. The molecule has 1 aliphatic carbocycles. The Morgan fingerprint density at radius 1 is 1.44 bits per heavy atom. The van der Waals surface area contributed by atoms with Crippen LogP contribution in [0.2, 0.25) is 0 Å². The van der Waals surface area contributed by atoms with Crippen LogP contribution < -0.4 is 5.73 Å². The summed E-state index contributed by atoms with van der Waals surface area (Å²) in [6.07, 6.45) is 3.89. The molecule has 0 bridgehead atoms. The third-order valence-corrected chi connectivity index (χ3v) is 2.99. The van der Waals surface area contributed by atoms with E-state index in [0.717, 1.165) is 24.2 Å². The molecule has 5 nitrogen and oxygen atoms in total. The first kappa shape index (κ1) is 9.33. The molecule has 0 amide bonds. The predicted molar refractivity (Wildman–Crippen MR) is 58.5 cm³/mol. The largest absolute Gasteiger partial charge is 0.384 e. The molecule has 1 saturated carbocycles. The number of nitrogens with two attached hydrogens (primary N) is 1. The first-order valence-corrected chi connectivity index (χ1v) is 5.23. The third-order valence-electron chi connectivity index (χ3n) is 2.99. The number of nitrogen functional groups attached to an aromatic ring is 1. The second-order valence-electron chi connectivity index (χ2n) is 4.45. The van der Waals surface area contributed by atoms with Crippen molar-refractivity contribution >= 4 is 5.82 Å². The quantitative estimate of drug-likeness (QED) is 0.827. The molecule has 0 atom stereocenters. The van der Waals surface area contributed by atoms with E-state index in [2.05, 4.69) is 22.0 Å². The van der Waals surface area contributed by atoms with Crippen LogP contribution >= 0.6 is 0 Å². The van der Waals surface area contributed by atoms with Crippen LogP contribution in [0.3, 0.4) is 0 Å². The van der Waals surface area contributed by atoms with Crippen molar-refractivity contribution in [1.29, 1.82) is 0 Å². The molecule has 0 saturated heterocycles. The molecule has 5 heteroatoms. The van der Waals surface area contributed by atoms with Crippen molar-refractivity contribution < 1.29 is 4.52 Å². The minimum Gasteiger partial charge on any atom is -0.384 e. The normalized spacial score (nSPS) is 17.3. The number of nitrogens with zero attached hydrogens (tertiary/aromatic N) is 3. The zero-order valence-electron chi connectivity index (χ0n) is 8.97. The fraction of sp³-hybridized carbons (Fsp3) is 0.364. The van der Waals surface area contributed by atoms with Gasteiger partial charge in [-0.25, -0.2) is 4.98 Å². The summed E-state index contributed by atoms with van der Waals surface area (Å²) >= 11 is 0. The van der Waals surface area contributed by atoms with Crippen molar-refractivity contribution in [2.24, 2.45) is 0 Å². The van der Waals surface area contributed by atoms with Gasteiger partial charge in [-0.3, -0.25) is 0 Å². The Morgan fingerprint density at radius 3 is 2.94 bits per heavy atom. The van der Waals surface area contributed by atoms with E-state index in [9.17, 15) is 0 Å². The van der Waals surface area contributed by atoms with E-state index in [1.54, 1.807) is 12.3 Å². The van der Waals surface area contributed by atoms with Gasteiger partial charge in [0.25, 0.3) is 5.89 Å². The second-order valence-corrected chi connectivity index (χ2v) is 4.45. The first-order valence-electron chi connectivity index (χ1n) is 5.23. The van der Waals surface area contributed by atoms with Crippen LogP contribution in [0.25, 0.3) is 11.5 Å². The molecule has 16 heavy (non-hydrogen) atoms. The van der Waals surface area contributed by atoms with Crippen LogP contribution in [0.15, 0.2) is 22.9 Å². The summed E-state index contributed by atoms with van der Waals surface area (Å²) in [6, 6.07) is 3.54. The molecule has 0 spiro atoms. The van der Waals surface area contributed by atoms with Gasteiger partial charge in [0.1, 0.15) is 5.82 Å². The topological polar surface area (TPSA) is 77.8 Å². The van der Waals surface area contributed by atoms with Crippen molar-refractivity contribution in [2.45, 2.75) is 25.2 Å². The molecule has 0 unspecified atom stereocenters. The lowest BCUT2D eigenvalue weighted by Crippen LogP contribution is -2.01. The van der Waals surface area contributed by atoms with Gasteiger partial charge in [0, 0.05) is 17.2 Å². The van der Waals surface area contributed by atoms with Crippen LogP contribution in [0, 0.1) is 0 Å². The molecule has 3 rings (SSSR count). The summed E-state index contributed by atoms with van der Waals surface area (Å²) in [6.45, 7) is 2.14. The Hall–Kier alpha value is -1.91. The maximum Gasteiger partial charge on any atom is 0.258 e. The fourth-order valence-corrected chi connectivity index (χ4v) is 1.58. The summed E-state index contributed by atoms with van der Waals surface area (Å²) in [7, 11) is 0. The van der Waals surface area contributed by atoms with Crippen molar-refractivity contribution in [3.05, 3.63) is 24.2 Å². The highest BCUT2D eigenvalue weighted by Crippen LogP contribution is 2.46. The highest BCUT2D eigenvalue weighted by molar-refractivity contribution is 5.56. The molecule has 1 fully saturated rings. The molecule has 1 aliphatic rings. The zero-order chi connectivity index (χ0) is 11.2. The number of rotatable bonds is 2. The van der Waals surface area contributed by atoms with E-state index < -0.39 is 0 Å². The summed E-state index contributed by atoms with van der Waals surface area (Å²) in [5.41, 5.74) is 6.54. The average Bonchev–Trinajstić information content (AvgIpc) is 2.83. The molecule has 82 valence electrons. The maximum atomic E-state index is 5.60. The number of hydrogen-bond acceptors (Lipinski definition) is 5. The summed E-state index contributed by atoms with van der Waals surface area (Å²) < 4.78 is 5.23. The zero-order valence-corrected chi connectivity index (χ0v) is 8.97. The minimum absolute atomic E-state index is 0.125. The Labute approximate surface area is 92.7 Å². The van der Waals surface area contributed by atoms with E-state index in [0.29, 0.717) is 11.7 Å². The number of pyridine rings is 1. The average molecular weight is 216 g/mol. The monoisotopic (exact) mass is 216 g/mol. The van der Waals surface area contributed by atoms with Crippen molar-refractivity contribution in [3.8, 4) is 11.5 Å². The maximum absolute atomic E-state index is 5.60. The van der Waals surface area contributed by atoms with Gasteiger partial charge in [0.2, 0.25) is 0 Å². The van der Waals surface area contributed by atoms with Crippen molar-refractivity contribution in [3.63, 3.8) is 0 Å².